The van der Waals surface area contributed by atoms with Crippen LogP contribution in [0.2, 0.25) is 0 Å². The second kappa shape index (κ2) is 6.70. The van der Waals surface area contributed by atoms with Crippen LogP contribution in [0.15, 0.2) is 12.3 Å². The highest BCUT2D eigenvalue weighted by atomic mass is 127. The Labute approximate surface area is 172 Å². The number of nitrogens with zero attached hydrogens (tertiary/aromatic N) is 2. The van der Waals surface area contributed by atoms with Crippen LogP contribution in [-0.4, -0.2) is 57.6 Å². The van der Waals surface area contributed by atoms with Gasteiger partial charge >= 0.3 is 6.09 Å². The number of amides is 1. The van der Waals surface area contributed by atoms with Crippen molar-refractivity contribution < 1.29 is 9.53 Å². The molecule has 8 nitrogen and oxygen atoms in total. The first-order chi connectivity index (χ1) is 13.1. The molecule has 0 spiro atoms. The van der Waals surface area contributed by atoms with E-state index in [-0.39, 0.29) is 24.1 Å². The molecule has 0 radical (unpaired) electrons. The number of halogens is 1. The van der Waals surface area contributed by atoms with Gasteiger partial charge in [-0.05, 0) is 38.2 Å². The average molecular weight is 486 g/mol. The highest BCUT2D eigenvalue weighted by molar-refractivity contribution is 14.1. The number of anilines is 2. The first-order valence-electron chi connectivity index (χ1n) is 9.92. The number of hydrogen-bond acceptors (Lipinski definition) is 6. The van der Waals surface area contributed by atoms with Crippen LogP contribution in [0.25, 0.3) is 0 Å². The van der Waals surface area contributed by atoms with Gasteiger partial charge in [0.1, 0.15) is 23.9 Å². The van der Waals surface area contributed by atoms with E-state index >= 15 is 0 Å². The second-order valence-electron chi connectivity index (χ2n) is 8.12. The maximum Gasteiger partial charge on any atom is 0.410 e. The molecule has 0 aromatic carbocycles. The normalized spacial score (nSPS) is 37.9. The van der Waals surface area contributed by atoms with Gasteiger partial charge in [0, 0.05) is 29.1 Å². The van der Waals surface area contributed by atoms with E-state index in [1.807, 2.05) is 11.1 Å². The fraction of sp³-hybridized carbons (Fsp3) is 0.722. The van der Waals surface area contributed by atoms with E-state index in [4.69, 9.17) is 10.5 Å². The summed E-state index contributed by atoms with van der Waals surface area (Å²) >= 11 is 2.52. The molecule has 9 heteroatoms. The molecule has 3 aliphatic heterocycles. The van der Waals surface area contributed by atoms with Crippen molar-refractivity contribution in [3.8, 4) is 0 Å². The summed E-state index contributed by atoms with van der Waals surface area (Å²) in [6.07, 6.45) is 6.76. The molecule has 1 aromatic rings. The first kappa shape index (κ1) is 17.9. The molecule has 1 aliphatic carbocycles. The van der Waals surface area contributed by atoms with Gasteiger partial charge in [0.25, 0.3) is 0 Å². The summed E-state index contributed by atoms with van der Waals surface area (Å²) in [4.78, 5) is 19.9. The van der Waals surface area contributed by atoms with Crippen LogP contribution in [0, 0.1) is 5.92 Å². The molecule has 2 saturated heterocycles. The largest absolute Gasteiger partial charge is 0.446 e. The van der Waals surface area contributed by atoms with Gasteiger partial charge in [0.15, 0.2) is 0 Å². The zero-order valence-corrected chi connectivity index (χ0v) is 17.4. The summed E-state index contributed by atoms with van der Waals surface area (Å²) < 4.78 is 6.33. The van der Waals surface area contributed by atoms with Crippen LogP contribution < -0.4 is 21.3 Å². The van der Waals surface area contributed by atoms with Crippen molar-refractivity contribution in [1.82, 2.24) is 15.2 Å². The van der Waals surface area contributed by atoms with Gasteiger partial charge < -0.3 is 24.8 Å². The molecule has 5 atom stereocenters. The fourth-order valence-corrected chi connectivity index (χ4v) is 6.70. The lowest BCUT2D eigenvalue weighted by Gasteiger charge is -2.64. The fourth-order valence-electron chi connectivity index (χ4n) is 5.24. The Bertz CT molecular complexity index is 722. The minimum Gasteiger partial charge on any atom is -0.446 e. The molecule has 1 amide bonds. The van der Waals surface area contributed by atoms with Crippen LogP contribution in [0.1, 0.15) is 32.1 Å². The van der Waals surface area contributed by atoms with Crippen molar-refractivity contribution in [2.24, 2.45) is 11.7 Å². The van der Waals surface area contributed by atoms with Crippen LogP contribution in [0.5, 0.6) is 0 Å². The minimum absolute atomic E-state index is 0.0196. The number of rotatable bonds is 2. The predicted molar refractivity (Wildman–Crippen MR) is 112 cm³/mol. The number of H-pyrrole nitrogens is 1. The van der Waals surface area contributed by atoms with E-state index < -0.39 is 0 Å². The van der Waals surface area contributed by atoms with E-state index in [0.29, 0.717) is 9.84 Å². The number of piperidine rings is 1. The van der Waals surface area contributed by atoms with Gasteiger partial charge in [0.2, 0.25) is 0 Å². The topological polar surface area (TPSA) is 98.6 Å². The average Bonchev–Trinajstić information content (AvgIpc) is 3.26. The van der Waals surface area contributed by atoms with Crippen molar-refractivity contribution in [3.63, 3.8) is 0 Å². The number of hydrogen-bond donors (Lipinski definition) is 4. The standard InChI is InChI=1S/C18H27IN6O2/c19-13-9-11(27-17(26)24-6-2-1-3-7-24)8-12(13)18-10-22-15-14(4-5-21-15)25(18)16(20)23-18/h4-5,11-13,16,21-23H,1-3,6-10,20H2/t11-,12+,13-,16?,18?/m1/s1. The maximum absolute atomic E-state index is 12.5. The molecular weight excluding hydrogens is 459 g/mol. The molecule has 5 N–H and O–H groups in total. The quantitative estimate of drug-likeness (QED) is 0.377. The lowest BCUT2D eigenvalue weighted by molar-refractivity contribution is 0.0457. The molecule has 2 unspecified atom stereocenters. The Morgan fingerprint density at radius 3 is 2.89 bits per heavy atom. The smallest absolute Gasteiger partial charge is 0.410 e. The third kappa shape index (κ3) is 2.80. The SMILES string of the molecule is NC1NC2([C@H]3C[C@@H](OC(=O)N4CCCCC4)C[C@H]3I)CNc3[nH]ccc3N12. The van der Waals surface area contributed by atoms with E-state index in [9.17, 15) is 4.79 Å². The molecule has 4 aliphatic rings. The summed E-state index contributed by atoms with van der Waals surface area (Å²) in [5, 5.41) is 7.08. The molecule has 1 saturated carbocycles. The number of aromatic amines is 1. The van der Waals surface area contributed by atoms with Crippen LogP contribution >= 0.6 is 22.6 Å². The van der Waals surface area contributed by atoms with E-state index in [0.717, 1.165) is 56.8 Å². The van der Waals surface area contributed by atoms with Crippen molar-refractivity contribution in [2.45, 2.75) is 54.1 Å². The van der Waals surface area contributed by atoms with Gasteiger partial charge in [-0.1, -0.05) is 22.6 Å². The molecule has 0 bridgehead atoms. The molecule has 4 heterocycles. The molecule has 1 aromatic heterocycles. The van der Waals surface area contributed by atoms with E-state index in [1.54, 1.807) is 0 Å². The zero-order valence-electron chi connectivity index (χ0n) is 15.3. The van der Waals surface area contributed by atoms with Gasteiger partial charge in [0.05, 0.1) is 12.2 Å². The molecule has 148 valence electrons. The number of ether oxygens (including phenoxy) is 1. The summed E-state index contributed by atoms with van der Waals surface area (Å²) in [5.41, 5.74) is 7.20. The maximum atomic E-state index is 12.5. The van der Waals surface area contributed by atoms with Crippen molar-refractivity contribution in [2.75, 3.05) is 29.9 Å². The number of fused-ring (bicyclic) bond motifs is 3. The number of nitrogens with two attached hydrogens (primary N) is 1. The Balaban J connectivity index is 1.29. The number of aromatic nitrogens is 1. The monoisotopic (exact) mass is 486 g/mol. The Morgan fingerprint density at radius 2 is 2.11 bits per heavy atom. The summed E-state index contributed by atoms with van der Waals surface area (Å²) in [7, 11) is 0. The summed E-state index contributed by atoms with van der Waals surface area (Å²) in [6.45, 7) is 2.44. The number of alkyl halides is 1. The second-order valence-corrected chi connectivity index (χ2v) is 9.72. The third-order valence-corrected chi connectivity index (χ3v) is 7.94. The Kier molecular flexibility index (Phi) is 4.43. The zero-order chi connectivity index (χ0) is 18.6. The van der Waals surface area contributed by atoms with E-state index in [1.165, 1.54) is 6.42 Å². The lowest BCUT2D eigenvalue weighted by atomic mass is 9.83. The van der Waals surface area contributed by atoms with Crippen LogP contribution in [0.3, 0.4) is 0 Å². The van der Waals surface area contributed by atoms with Crippen molar-refractivity contribution >= 4 is 40.2 Å². The number of nitrogens with one attached hydrogen (secondary N) is 3. The predicted octanol–water partition coefficient (Wildman–Crippen LogP) is 1.99. The highest BCUT2D eigenvalue weighted by Gasteiger charge is 2.61. The molecular formula is C18H27IN6O2. The molecule has 3 fully saturated rings. The Morgan fingerprint density at radius 1 is 1.30 bits per heavy atom. The number of likely N-dealkylation sites (tertiary alicyclic amines) is 1. The van der Waals surface area contributed by atoms with Gasteiger partial charge in [-0.3, -0.25) is 11.1 Å². The van der Waals surface area contributed by atoms with Gasteiger partial charge in [-0.2, -0.15) is 0 Å². The minimum atomic E-state index is -0.216. The summed E-state index contributed by atoms with van der Waals surface area (Å²) in [6, 6.07) is 2.07. The van der Waals surface area contributed by atoms with Gasteiger partial charge in [-0.25, -0.2) is 4.79 Å². The third-order valence-electron chi connectivity index (χ3n) is 6.56. The number of carbonyl (C=O) groups excluding carboxylic acids is 1. The van der Waals surface area contributed by atoms with Gasteiger partial charge in [-0.15, -0.1) is 0 Å². The molecule has 27 heavy (non-hydrogen) atoms. The van der Waals surface area contributed by atoms with Crippen molar-refractivity contribution in [1.29, 1.82) is 0 Å². The Hall–Kier alpha value is -1.20. The van der Waals surface area contributed by atoms with Crippen LogP contribution in [0.4, 0.5) is 16.3 Å². The molecule has 5 rings (SSSR count). The first-order valence-corrected chi connectivity index (χ1v) is 11.2. The van der Waals surface area contributed by atoms with Crippen LogP contribution in [-0.2, 0) is 4.74 Å². The lowest BCUT2D eigenvalue weighted by Crippen LogP contribution is -2.88. The van der Waals surface area contributed by atoms with E-state index in [2.05, 4.69) is 49.2 Å². The highest BCUT2D eigenvalue weighted by Crippen LogP contribution is 2.50. The number of carbonyl (C=O) groups is 1. The van der Waals surface area contributed by atoms with Crippen molar-refractivity contribution in [3.05, 3.63) is 12.3 Å². The summed E-state index contributed by atoms with van der Waals surface area (Å²) in [5.74, 6) is 1.38.